The van der Waals surface area contributed by atoms with E-state index in [9.17, 15) is 9.59 Å². The molecule has 2 rings (SSSR count). The highest BCUT2D eigenvalue weighted by atomic mass is 32.2. The van der Waals surface area contributed by atoms with Crippen molar-refractivity contribution in [3.8, 4) is 12.3 Å². The molecule has 0 bridgehead atoms. The van der Waals surface area contributed by atoms with Crippen molar-refractivity contribution in [2.75, 3.05) is 71.7 Å². The molecule has 0 saturated carbocycles. The van der Waals surface area contributed by atoms with Crippen LogP contribution in [0.25, 0.3) is 0 Å². The Morgan fingerprint density at radius 2 is 1.79 bits per heavy atom. The van der Waals surface area contributed by atoms with Gasteiger partial charge < -0.3 is 34.5 Å². The van der Waals surface area contributed by atoms with Crippen LogP contribution in [0.1, 0.15) is 32.6 Å². The van der Waals surface area contributed by atoms with Crippen molar-refractivity contribution in [1.82, 2.24) is 15.5 Å². The number of fused-ring (bicyclic) bond motifs is 1. The van der Waals surface area contributed by atoms with Gasteiger partial charge in [-0.3, -0.25) is 4.79 Å². The Morgan fingerprint density at radius 1 is 1.12 bits per heavy atom. The van der Waals surface area contributed by atoms with Gasteiger partial charge in [0, 0.05) is 30.5 Å². The Labute approximate surface area is 202 Å². The van der Waals surface area contributed by atoms with Gasteiger partial charge in [-0.25, -0.2) is 4.79 Å². The average molecular weight is 486 g/mol. The molecule has 0 aromatic heterocycles. The summed E-state index contributed by atoms with van der Waals surface area (Å²) in [5, 5.41) is 6.44. The second-order valence-corrected chi connectivity index (χ2v) is 9.17. The van der Waals surface area contributed by atoms with Crippen LogP contribution in [0.4, 0.5) is 4.79 Å². The Bertz CT molecular complexity index is 617. The van der Waals surface area contributed by atoms with Gasteiger partial charge in [0.25, 0.3) is 0 Å². The molecule has 0 aliphatic carbocycles. The highest BCUT2D eigenvalue weighted by Gasteiger charge is 2.47. The summed E-state index contributed by atoms with van der Waals surface area (Å²) in [5.41, 5.74) is 0. The van der Waals surface area contributed by atoms with Gasteiger partial charge in [0.2, 0.25) is 5.91 Å². The molecule has 2 heterocycles. The van der Waals surface area contributed by atoms with Crippen LogP contribution in [0.2, 0.25) is 0 Å². The largest absolute Gasteiger partial charge is 0.377 e. The molecule has 10 heteroatoms. The summed E-state index contributed by atoms with van der Waals surface area (Å²) in [7, 11) is 0. The number of hydrogen-bond donors (Lipinski definition) is 2. The summed E-state index contributed by atoms with van der Waals surface area (Å²) >= 11 is 1.94. The van der Waals surface area contributed by atoms with Crippen LogP contribution in [0.15, 0.2) is 0 Å². The molecule has 2 N–H and O–H groups in total. The highest BCUT2D eigenvalue weighted by molar-refractivity contribution is 8.00. The molecule has 3 atom stereocenters. The fourth-order valence-electron chi connectivity index (χ4n) is 3.99. The van der Waals surface area contributed by atoms with Crippen LogP contribution in [0, 0.1) is 12.3 Å². The monoisotopic (exact) mass is 485 g/mol. The molecule has 0 aromatic rings. The number of unbranched alkanes of at least 4 members (excludes halogenated alkanes) is 1. The van der Waals surface area contributed by atoms with Gasteiger partial charge in [-0.1, -0.05) is 12.3 Å². The number of hydrogen-bond acceptors (Lipinski definition) is 7. The second kappa shape index (κ2) is 17.0. The van der Waals surface area contributed by atoms with E-state index in [0.717, 1.165) is 31.6 Å². The molecule has 0 spiro atoms. The minimum absolute atomic E-state index is 0.0584. The molecule has 2 fully saturated rings. The topological polar surface area (TPSA) is 98.4 Å². The number of rotatable bonds is 19. The van der Waals surface area contributed by atoms with Crippen molar-refractivity contribution in [2.24, 2.45) is 0 Å². The summed E-state index contributed by atoms with van der Waals surface area (Å²) in [4.78, 5) is 25.9. The van der Waals surface area contributed by atoms with Gasteiger partial charge in [0.1, 0.15) is 6.61 Å². The van der Waals surface area contributed by atoms with Gasteiger partial charge in [-0.05, 0) is 19.8 Å². The zero-order chi connectivity index (χ0) is 23.7. The van der Waals surface area contributed by atoms with Gasteiger partial charge in [0.15, 0.2) is 0 Å². The number of carbonyl (C=O) groups is 2. The first-order valence-electron chi connectivity index (χ1n) is 11.9. The standard InChI is InChI=1S/C23H39N3O6S/c1-3-10-29-12-14-31-16-17-32-15-13-30-11-9-24-21(27)8-6-5-7-20-22-19(18-33-20)25-23(28)26(22)4-2/h1,19-20,22H,4-18H2,2H3,(H,24,27)(H,25,28). The molecule has 2 aliphatic rings. The van der Waals surface area contributed by atoms with Crippen molar-refractivity contribution in [2.45, 2.75) is 49.9 Å². The van der Waals surface area contributed by atoms with Crippen LogP contribution in [0.3, 0.4) is 0 Å². The van der Waals surface area contributed by atoms with E-state index in [1.807, 2.05) is 23.6 Å². The summed E-state index contributed by atoms with van der Waals surface area (Å²) < 4.78 is 21.3. The summed E-state index contributed by atoms with van der Waals surface area (Å²) in [5.74, 6) is 3.44. The quantitative estimate of drug-likeness (QED) is 0.161. The summed E-state index contributed by atoms with van der Waals surface area (Å²) in [6.07, 6.45) is 8.49. The second-order valence-electron chi connectivity index (χ2n) is 7.89. The summed E-state index contributed by atoms with van der Waals surface area (Å²) in [6.45, 7) is 7.00. The lowest BCUT2D eigenvalue weighted by Crippen LogP contribution is -2.40. The number of carbonyl (C=O) groups excluding carboxylic acids is 2. The predicted molar refractivity (Wildman–Crippen MR) is 128 cm³/mol. The van der Waals surface area contributed by atoms with Crippen molar-refractivity contribution in [1.29, 1.82) is 0 Å². The first-order valence-corrected chi connectivity index (χ1v) is 12.9. The van der Waals surface area contributed by atoms with E-state index in [1.54, 1.807) is 0 Å². The zero-order valence-electron chi connectivity index (χ0n) is 19.7. The molecule has 0 aromatic carbocycles. The van der Waals surface area contributed by atoms with Crippen LogP contribution < -0.4 is 10.6 Å². The minimum atomic E-state index is 0.0584. The van der Waals surface area contributed by atoms with Gasteiger partial charge in [0.05, 0.1) is 58.3 Å². The molecular formula is C23H39N3O6S. The zero-order valence-corrected chi connectivity index (χ0v) is 20.5. The van der Waals surface area contributed by atoms with Gasteiger partial charge in [-0.15, -0.1) is 6.42 Å². The Morgan fingerprint density at radius 3 is 2.45 bits per heavy atom. The molecule has 33 heavy (non-hydrogen) atoms. The Kier molecular flexibility index (Phi) is 14.3. The number of urea groups is 1. The lowest BCUT2D eigenvalue weighted by Gasteiger charge is -2.26. The molecular weight excluding hydrogens is 446 g/mol. The molecule has 3 unspecified atom stereocenters. The van der Waals surface area contributed by atoms with E-state index in [4.69, 9.17) is 25.4 Å². The smallest absolute Gasteiger partial charge is 0.318 e. The lowest BCUT2D eigenvalue weighted by molar-refractivity contribution is -0.121. The van der Waals surface area contributed by atoms with Crippen LogP contribution in [-0.4, -0.2) is 106 Å². The van der Waals surface area contributed by atoms with E-state index >= 15 is 0 Å². The highest BCUT2D eigenvalue weighted by Crippen LogP contribution is 2.37. The van der Waals surface area contributed by atoms with Crippen LogP contribution in [-0.2, 0) is 23.7 Å². The Balaban J connectivity index is 1.35. The van der Waals surface area contributed by atoms with Crippen molar-refractivity contribution in [3.05, 3.63) is 0 Å². The third kappa shape index (κ3) is 10.5. The average Bonchev–Trinajstić information content (AvgIpc) is 3.34. The van der Waals surface area contributed by atoms with E-state index in [2.05, 4.69) is 16.6 Å². The Hall–Kier alpha value is -1.51. The van der Waals surface area contributed by atoms with Gasteiger partial charge >= 0.3 is 6.03 Å². The van der Waals surface area contributed by atoms with E-state index in [0.29, 0.717) is 77.1 Å². The molecule has 3 amide bonds. The number of nitrogens with zero attached hydrogens (tertiary/aromatic N) is 1. The fraction of sp³-hybridized carbons (Fsp3) is 0.826. The number of likely N-dealkylation sites (N-methyl/N-ethyl adjacent to an activating group) is 1. The third-order valence-corrected chi connectivity index (χ3v) is 7.06. The third-order valence-electron chi connectivity index (χ3n) is 5.57. The van der Waals surface area contributed by atoms with Crippen molar-refractivity contribution in [3.63, 3.8) is 0 Å². The van der Waals surface area contributed by atoms with Crippen LogP contribution >= 0.6 is 11.8 Å². The molecule has 9 nitrogen and oxygen atoms in total. The maximum atomic E-state index is 12.0. The normalized spacial score (nSPS) is 21.6. The number of amides is 3. The first kappa shape index (κ1) is 27.7. The molecule has 2 saturated heterocycles. The van der Waals surface area contributed by atoms with E-state index < -0.39 is 0 Å². The number of thioether (sulfide) groups is 1. The molecule has 188 valence electrons. The number of terminal acetylenes is 1. The van der Waals surface area contributed by atoms with Crippen molar-refractivity contribution >= 4 is 23.7 Å². The predicted octanol–water partition coefficient (Wildman–Crippen LogP) is 1.26. The van der Waals surface area contributed by atoms with E-state index in [-0.39, 0.29) is 18.0 Å². The lowest BCUT2D eigenvalue weighted by atomic mass is 10.0. The van der Waals surface area contributed by atoms with Crippen LogP contribution in [0.5, 0.6) is 0 Å². The minimum Gasteiger partial charge on any atom is -0.377 e. The first-order chi connectivity index (χ1) is 16.2. The SMILES string of the molecule is C#CCOCCOCCOCCOCCNC(=O)CCCCC1SCC2NC(=O)N(CC)C21. The fourth-order valence-corrected chi connectivity index (χ4v) is 5.59. The molecule has 2 aliphatic heterocycles. The summed E-state index contributed by atoms with van der Waals surface area (Å²) in [6, 6.07) is 0.645. The maximum absolute atomic E-state index is 12.0. The molecule has 0 radical (unpaired) electrons. The maximum Gasteiger partial charge on any atom is 0.318 e. The van der Waals surface area contributed by atoms with Crippen molar-refractivity contribution < 1.29 is 28.5 Å². The van der Waals surface area contributed by atoms with E-state index in [1.165, 1.54) is 0 Å². The number of ether oxygens (including phenoxy) is 4. The van der Waals surface area contributed by atoms with Gasteiger partial charge in [-0.2, -0.15) is 11.8 Å². The number of nitrogens with one attached hydrogen (secondary N) is 2.